The van der Waals surface area contributed by atoms with Gasteiger partial charge in [0, 0.05) is 23.4 Å². The summed E-state index contributed by atoms with van der Waals surface area (Å²) in [5.74, 6) is -6.51. The minimum absolute atomic E-state index is 0. The van der Waals surface area contributed by atoms with E-state index in [0.29, 0.717) is 9.03 Å². The van der Waals surface area contributed by atoms with E-state index in [1.54, 1.807) is 0 Å². The van der Waals surface area contributed by atoms with Crippen molar-refractivity contribution < 1.29 is 89.7 Å². The molecule has 0 spiro atoms. The normalized spacial score (nSPS) is 18.0. The van der Waals surface area contributed by atoms with Crippen LogP contribution >= 0.6 is 11.6 Å². The van der Waals surface area contributed by atoms with Crippen molar-refractivity contribution in [2.24, 2.45) is 0 Å². The van der Waals surface area contributed by atoms with Gasteiger partial charge in [-0.15, -0.1) is 20.4 Å². The van der Waals surface area contributed by atoms with Crippen molar-refractivity contribution in [1.82, 2.24) is 49.6 Å². The maximum atomic E-state index is 14.3. The highest BCUT2D eigenvalue weighted by Crippen LogP contribution is 2.42. The van der Waals surface area contributed by atoms with Crippen LogP contribution in [-0.2, 0) is 31.1 Å². The maximum absolute atomic E-state index is 14.3. The number of alkyl halides is 12. The number of hydrogen-bond donors (Lipinski definition) is 0. The van der Waals surface area contributed by atoms with Crippen LogP contribution in [0.2, 0.25) is 5.15 Å². The van der Waals surface area contributed by atoms with Gasteiger partial charge in [-0.3, -0.25) is 0 Å². The number of fused-ring (bicyclic) bond motifs is 2. The first kappa shape index (κ1) is 55.1. The van der Waals surface area contributed by atoms with Crippen LogP contribution in [0.5, 0.6) is 11.8 Å². The Kier molecular flexibility index (Phi) is 15.0. The number of ether oxygens (including phenoxy) is 4. The smallest absolute Gasteiger partial charge is 0.454 e. The molecule has 0 saturated carbocycles. The third-order valence-electron chi connectivity index (χ3n) is 10.4. The van der Waals surface area contributed by atoms with Gasteiger partial charge >= 0.3 is 31.8 Å². The van der Waals surface area contributed by atoms with E-state index >= 15 is 0 Å². The first-order valence-corrected chi connectivity index (χ1v) is 19.3. The average Bonchev–Trinajstić information content (AvgIpc) is 3.87. The number of aromatic nitrogens is 10. The van der Waals surface area contributed by atoms with Gasteiger partial charge in [0.2, 0.25) is 0 Å². The molecule has 9 rings (SSSR count). The molecule has 16 nitrogen and oxygen atoms in total. The van der Waals surface area contributed by atoms with E-state index in [0.717, 1.165) is 24.4 Å². The van der Waals surface area contributed by atoms with Crippen LogP contribution in [0.3, 0.4) is 0 Å². The Morgan fingerprint density at radius 3 is 1.43 bits per heavy atom. The second-order valence-electron chi connectivity index (χ2n) is 15.8. The number of rotatable bonds is 6. The zero-order valence-electron chi connectivity index (χ0n) is 34.6. The number of halogens is 15. The zero-order chi connectivity index (χ0) is 50.0. The lowest BCUT2D eigenvalue weighted by Gasteiger charge is -2.41. The molecule has 382 valence electrons. The summed E-state index contributed by atoms with van der Waals surface area (Å²) in [5.41, 5.74) is -6.71. The molecule has 0 bridgehead atoms. The Bertz CT molecular complexity index is 2800. The topological polar surface area (TPSA) is 167 Å². The molecule has 0 N–H and O–H groups in total. The number of nitrogens with zero attached hydrogens (tertiary/aromatic N) is 10. The molecule has 70 heavy (non-hydrogen) atoms. The van der Waals surface area contributed by atoms with E-state index in [4.69, 9.17) is 30.4 Å². The minimum Gasteiger partial charge on any atom is -0.454 e. The Morgan fingerprint density at radius 2 is 1.03 bits per heavy atom. The fourth-order valence-electron chi connectivity index (χ4n) is 5.83. The van der Waals surface area contributed by atoms with E-state index in [2.05, 4.69) is 50.0 Å². The lowest BCUT2D eigenvalue weighted by molar-refractivity contribution is -0.324. The Morgan fingerprint density at radius 1 is 0.600 bits per heavy atom. The predicted octanol–water partition coefficient (Wildman–Crippen LogP) is 8.35. The summed E-state index contributed by atoms with van der Waals surface area (Å²) in [6.45, 7) is 4.30. The van der Waals surface area contributed by atoms with Gasteiger partial charge in [-0.2, -0.15) is 71.9 Å². The van der Waals surface area contributed by atoms with Crippen LogP contribution in [-0.4, -0.2) is 118 Å². The second-order valence-corrected chi connectivity index (χ2v) is 16.2. The van der Waals surface area contributed by atoms with Gasteiger partial charge in [0.25, 0.3) is 34.6 Å². The summed E-state index contributed by atoms with van der Waals surface area (Å²) in [6, 6.07) is 6.80. The number of pyridine rings is 2. The number of hydrogen-bond acceptors (Lipinski definition) is 14. The van der Waals surface area contributed by atoms with E-state index in [9.17, 15) is 61.5 Å². The summed E-state index contributed by atoms with van der Waals surface area (Å²) in [5, 5.41) is 19.7. The Hall–Kier alpha value is -5.79. The lowest BCUT2D eigenvalue weighted by Crippen LogP contribution is -2.64. The molecule has 6 aromatic heterocycles. The Labute approximate surface area is 390 Å². The van der Waals surface area contributed by atoms with E-state index in [1.165, 1.54) is 24.4 Å². The minimum atomic E-state index is -4.83. The molecule has 3 fully saturated rings. The molecule has 0 unspecified atom stereocenters. The third-order valence-corrected chi connectivity index (χ3v) is 10.6. The van der Waals surface area contributed by atoms with Crippen molar-refractivity contribution in [3.05, 3.63) is 77.2 Å². The van der Waals surface area contributed by atoms with Crippen molar-refractivity contribution >= 4 is 35.5 Å². The highest BCUT2D eigenvalue weighted by Gasteiger charge is 2.64. The molecule has 0 amide bonds. The van der Waals surface area contributed by atoms with Crippen LogP contribution in [0.25, 0.3) is 22.6 Å². The molecular formula is C38H36BClF14N10O6. The highest BCUT2D eigenvalue weighted by molar-refractivity contribution is 6.62. The second kappa shape index (κ2) is 19.1. The van der Waals surface area contributed by atoms with Gasteiger partial charge in [0.1, 0.15) is 5.15 Å². The molecule has 3 aliphatic heterocycles. The molecule has 0 atom stereocenters. The van der Waals surface area contributed by atoms with Crippen LogP contribution in [0.1, 0.15) is 54.2 Å². The molecule has 0 aliphatic carbocycles. The quantitative estimate of drug-likeness (QED) is 0.115. The van der Waals surface area contributed by atoms with Gasteiger partial charge < -0.3 is 28.3 Å². The molecule has 32 heteroatoms. The fraction of sp³-hybridized carbons (Fsp3) is 0.474. The van der Waals surface area contributed by atoms with Crippen molar-refractivity contribution in [1.29, 1.82) is 0 Å². The lowest BCUT2D eigenvalue weighted by atomic mass is 9.80. The molecule has 6 aromatic rings. The molecule has 3 saturated heterocycles. The van der Waals surface area contributed by atoms with Gasteiger partial charge in [0.15, 0.2) is 22.9 Å². The molecular weight excluding hydrogens is 1000 g/mol. The van der Waals surface area contributed by atoms with Gasteiger partial charge in [-0.1, -0.05) is 26.5 Å². The maximum Gasteiger partial charge on any atom is 0.496 e. The first-order chi connectivity index (χ1) is 31.4. The van der Waals surface area contributed by atoms with Crippen LogP contribution < -0.4 is 14.9 Å². The molecule has 9 heterocycles. The zero-order valence-corrected chi connectivity index (χ0v) is 35.4. The van der Waals surface area contributed by atoms with Crippen molar-refractivity contribution in [3.63, 3.8) is 0 Å². The molecule has 0 aromatic carbocycles. The summed E-state index contributed by atoms with van der Waals surface area (Å²) in [4.78, 5) is 7.20. The molecule has 3 aliphatic rings. The summed E-state index contributed by atoms with van der Waals surface area (Å²) in [6.07, 6.45) is -16.8. The first-order valence-electron chi connectivity index (χ1n) is 18.9. The van der Waals surface area contributed by atoms with Crippen molar-refractivity contribution in [2.45, 2.75) is 89.7 Å². The summed E-state index contributed by atoms with van der Waals surface area (Å²) in [7, 11) is -0.871. The Balaban J connectivity index is 0.000000203. The predicted molar refractivity (Wildman–Crippen MR) is 214 cm³/mol. The van der Waals surface area contributed by atoms with Gasteiger partial charge in [-0.25, -0.2) is 18.7 Å². The monoisotopic (exact) mass is 1040 g/mol. The SMILES string of the molecule is C.C.CC1(C)OB(c2cnc(OC3(C(F)(F)F)COC3)c(F)c2)OC1(C)C.FC(F)(F)c1nnc2ccc(Cl)nn12.Fc1cc(-c2ccc3nnc(C(F)(F)F)n3n2)cnc1OC1(C(F)(F)F)COC1. The van der Waals surface area contributed by atoms with Crippen LogP contribution in [0.4, 0.5) is 61.5 Å². The van der Waals surface area contributed by atoms with E-state index in [1.807, 2.05) is 27.7 Å². The summed E-state index contributed by atoms with van der Waals surface area (Å²) < 4.78 is 214. The van der Waals surface area contributed by atoms with Gasteiger partial charge in [0.05, 0.1) is 43.3 Å². The van der Waals surface area contributed by atoms with Gasteiger partial charge in [-0.05, 0) is 64.1 Å². The van der Waals surface area contributed by atoms with E-state index in [-0.39, 0.29) is 48.0 Å². The fourth-order valence-corrected chi connectivity index (χ4v) is 5.97. The standard InChI is InChI=1S/C15H18BF4NO4.C15H8F7N5O2.C6H2ClF3N4.2CH4/c1-12(2)13(3,4)25-16(24-12)9-5-10(17)11(21-6-9)23-14(7-22-8-14)15(18,19)20;16-8-3-7(4-23-11(8)29-13(5-28-6-13)15(20,21)22)9-1-2-10-24-25-12(14(17,18)19)27(10)26-9;7-3-1-2-4-11-12-5(6(8,9)10)14(4)13-3;;/h5-6H,7-8H2,1-4H3;1-4H,5-6H2;1-2H;2*1H4. The van der Waals surface area contributed by atoms with Crippen LogP contribution in [0.15, 0.2) is 48.8 Å². The molecule has 0 radical (unpaired) electrons. The van der Waals surface area contributed by atoms with Crippen molar-refractivity contribution in [2.75, 3.05) is 26.4 Å². The van der Waals surface area contributed by atoms with E-state index < -0.39 is 116 Å². The van der Waals surface area contributed by atoms with Crippen molar-refractivity contribution in [3.8, 4) is 23.0 Å². The van der Waals surface area contributed by atoms with Crippen LogP contribution in [0, 0.1) is 11.6 Å². The third kappa shape index (κ3) is 10.8. The highest BCUT2D eigenvalue weighted by atomic mass is 35.5. The average molecular weight is 1040 g/mol. The summed E-state index contributed by atoms with van der Waals surface area (Å²) >= 11 is 5.44. The largest absolute Gasteiger partial charge is 0.496 e.